The van der Waals surface area contributed by atoms with Gasteiger partial charge in [0.1, 0.15) is 6.33 Å². The van der Waals surface area contributed by atoms with E-state index < -0.39 is 0 Å². The number of hydrogen-bond donors (Lipinski definition) is 1. The van der Waals surface area contributed by atoms with Crippen LogP contribution in [0.25, 0.3) is 0 Å². The Morgan fingerprint density at radius 1 is 1.62 bits per heavy atom. The molecule has 1 aromatic heterocycles. The van der Waals surface area contributed by atoms with Crippen LogP contribution in [0.4, 0.5) is 0 Å². The van der Waals surface area contributed by atoms with Crippen molar-refractivity contribution in [2.75, 3.05) is 26.8 Å². The molecule has 0 aromatic carbocycles. The van der Waals surface area contributed by atoms with E-state index in [0.717, 1.165) is 32.6 Å². The number of hydrogen-bond acceptors (Lipinski definition) is 4. The summed E-state index contributed by atoms with van der Waals surface area (Å²) in [6.07, 6.45) is 3.39. The number of amides is 1. The minimum absolute atomic E-state index is 0.107. The van der Waals surface area contributed by atoms with Gasteiger partial charge in [-0.25, -0.2) is 4.98 Å². The minimum atomic E-state index is -0.107. The molecule has 0 bridgehead atoms. The number of nitrogens with zero attached hydrogens (tertiary/aromatic N) is 3. The summed E-state index contributed by atoms with van der Waals surface area (Å²) in [6.45, 7) is 2.35. The summed E-state index contributed by atoms with van der Waals surface area (Å²) in [5, 5.41) is 6.25. The highest BCUT2D eigenvalue weighted by Gasteiger charge is 2.20. The van der Waals surface area contributed by atoms with Gasteiger partial charge in [-0.2, -0.15) is 5.10 Å². The summed E-state index contributed by atoms with van der Waals surface area (Å²) in [4.78, 5) is 17.4. The Bertz CT molecular complexity index is 333. The number of aromatic amines is 1. The third kappa shape index (κ3) is 2.57. The van der Waals surface area contributed by atoms with Crippen LogP contribution in [0.2, 0.25) is 0 Å². The lowest BCUT2D eigenvalue weighted by atomic mass is 10.00. The Balaban J connectivity index is 1.87. The predicted molar refractivity (Wildman–Crippen MR) is 56.9 cm³/mol. The van der Waals surface area contributed by atoms with Crippen molar-refractivity contribution in [3.05, 3.63) is 12.2 Å². The molecule has 1 aromatic rings. The highest BCUT2D eigenvalue weighted by atomic mass is 16.5. The average Bonchev–Trinajstić information content (AvgIpc) is 2.83. The van der Waals surface area contributed by atoms with Gasteiger partial charge in [0.2, 0.25) is 5.82 Å². The van der Waals surface area contributed by atoms with E-state index in [1.165, 1.54) is 6.33 Å². The standard InChI is InChI=1S/C10H16N4O2/c1-14(6-8-2-4-16-5-3-8)10(15)9-11-7-12-13-9/h7-8H,2-6H2,1H3,(H,11,12,13). The second-order valence-electron chi connectivity index (χ2n) is 4.08. The Hall–Kier alpha value is -1.43. The van der Waals surface area contributed by atoms with Crippen molar-refractivity contribution in [2.45, 2.75) is 12.8 Å². The number of carbonyl (C=O) groups excluding carboxylic acids is 1. The maximum atomic E-state index is 11.8. The van der Waals surface area contributed by atoms with E-state index in [-0.39, 0.29) is 5.91 Å². The topological polar surface area (TPSA) is 71.1 Å². The molecular weight excluding hydrogens is 208 g/mol. The summed E-state index contributed by atoms with van der Waals surface area (Å²) in [7, 11) is 1.79. The van der Waals surface area contributed by atoms with Gasteiger partial charge in [-0.15, -0.1) is 0 Å². The van der Waals surface area contributed by atoms with E-state index in [9.17, 15) is 4.79 Å². The third-order valence-corrected chi connectivity index (χ3v) is 2.84. The van der Waals surface area contributed by atoms with Gasteiger partial charge in [0, 0.05) is 26.8 Å². The maximum absolute atomic E-state index is 11.8. The van der Waals surface area contributed by atoms with Crippen molar-refractivity contribution < 1.29 is 9.53 Å². The molecule has 6 heteroatoms. The van der Waals surface area contributed by atoms with E-state index in [4.69, 9.17) is 4.74 Å². The fraction of sp³-hybridized carbons (Fsp3) is 0.700. The quantitative estimate of drug-likeness (QED) is 0.801. The summed E-state index contributed by atoms with van der Waals surface area (Å²) in [6, 6.07) is 0. The zero-order chi connectivity index (χ0) is 11.4. The lowest BCUT2D eigenvalue weighted by Gasteiger charge is -2.26. The SMILES string of the molecule is CN(CC1CCOCC1)C(=O)c1ncn[nH]1. The fourth-order valence-electron chi connectivity index (χ4n) is 1.89. The molecule has 1 aliphatic rings. The van der Waals surface area contributed by atoms with Crippen LogP contribution in [0.15, 0.2) is 6.33 Å². The molecule has 2 heterocycles. The lowest BCUT2D eigenvalue weighted by Crippen LogP contribution is -2.34. The summed E-state index contributed by atoms with van der Waals surface area (Å²) < 4.78 is 5.28. The molecule has 2 rings (SSSR count). The van der Waals surface area contributed by atoms with E-state index >= 15 is 0 Å². The van der Waals surface area contributed by atoms with E-state index in [1.54, 1.807) is 11.9 Å². The zero-order valence-corrected chi connectivity index (χ0v) is 9.35. The Morgan fingerprint density at radius 2 is 2.38 bits per heavy atom. The van der Waals surface area contributed by atoms with Crippen LogP contribution in [-0.4, -0.2) is 52.8 Å². The van der Waals surface area contributed by atoms with Crippen LogP contribution in [0.1, 0.15) is 23.5 Å². The van der Waals surface area contributed by atoms with Gasteiger partial charge in [-0.1, -0.05) is 0 Å². The summed E-state index contributed by atoms with van der Waals surface area (Å²) >= 11 is 0. The van der Waals surface area contributed by atoms with Gasteiger partial charge in [0.15, 0.2) is 0 Å². The number of rotatable bonds is 3. The first kappa shape index (κ1) is 11.1. The van der Waals surface area contributed by atoms with Gasteiger partial charge in [-0.05, 0) is 18.8 Å². The van der Waals surface area contributed by atoms with E-state index in [0.29, 0.717) is 11.7 Å². The predicted octanol–water partition coefficient (Wildman–Crippen LogP) is 0.303. The fourth-order valence-corrected chi connectivity index (χ4v) is 1.89. The van der Waals surface area contributed by atoms with Crippen molar-refractivity contribution in [1.82, 2.24) is 20.1 Å². The second-order valence-corrected chi connectivity index (χ2v) is 4.08. The molecule has 6 nitrogen and oxygen atoms in total. The van der Waals surface area contributed by atoms with Crippen LogP contribution in [0.3, 0.4) is 0 Å². The maximum Gasteiger partial charge on any atom is 0.290 e. The zero-order valence-electron chi connectivity index (χ0n) is 9.35. The third-order valence-electron chi connectivity index (χ3n) is 2.84. The highest BCUT2D eigenvalue weighted by molar-refractivity contribution is 5.90. The monoisotopic (exact) mass is 224 g/mol. The van der Waals surface area contributed by atoms with Gasteiger partial charge in [0.05, 0.1) is 0 Å². The Kier molecular flexibility index (Phi) is 3.51. The molecule has 0 atom stereocenters. The normalized spacial score (nSPS) is 17.3. The highest BCUT2D eigenvalue weighted by Crippen LogP contribution is 2.15. The van der Waals surface area contributed by atoms with Crippen LogP contribution in [-0.2, 0) is 4.74 Å². The summed E-state index contributed by atoms with van der Waals surface area (Å²) in [5.74, 6) is 0.726. The molecule has 1 saturated heterocycles. The molecule has 0 spiro atoms. The van der Waals surface area contributed by atoms with Crippen LogP contribution in [0.5, 0.6) is 0 Å². The first-order valence-corrected chi connectivity index (χ1v) is 5.46. The number of ether oxygens (including phenoxy) is 1. The van der Waals surface area contributed by atoms with Crippen LogP contribution in [0, 0.1) is 5.92 Å². The number of carbonyl (C=O) groups is 1. The molecule has 1 fully saturated rings. The van der Waals surface area contributed by atoms with Crippen molar-refractivity contribution in [1.29, 1.82) is 0 Å². The molecule has 1 aliphatic heterocycles. The molecular formula is C10H16N4O2. The number of H-pyrrole nitrogens is 1. The molecule has 16 heavy (non-hydrogen) atoms. The Morgan fingerprint density at radius 3 is 3.00 bits per heavy atom. The first-order chi connectivity index (χ1) is 7.77. The number of nitrogens with one attached hydrogen (secondary N) is 1. The average molecular weight is 224 g/mol. The Labute approximate surface area is 94.0 Å². The summed E-state index contributed by atoms with van der Waals surface area (Å²) in [5.41, 5.74) is 0. The number of aromatic nitrogens is 3. The van der Waals surface area contributed by atoms with Gasteiger partial charge in [0.25, 0.3) is 5.91 Å². The van der Waals surface area contributed by atoms with E-state index in [2.05, 4.69) is 15.2 Å². The molecule has 1 amide bonds. The van der Waals surface area contributed by atoms with Crippen molar-refractivity contribution in [3.63, 3.8) is 0 Å². The second kappa shape index (κ2) is 5.07. The minimum Gasteiger partial charge on any atom is -0.381 e. The van der Waals surface area contributed by atoms with Crippen molar-refractivity contribution in [3.8, 4) is 0 Å². The largest absolute Gasteiger partial charge is 0.381 e. The van der Waals surface area contributed by atoms with Gasteiger partial charge < -0.3 is 9.64 Å². The molecule has 0 saturated carbocycles. The molecule has 0 unspecified atom stereocenters. The van der Waals surface area contributed by atoms with E-state index in [1.807, 2.05) is 0 Å². The van der Waals surface area contributed by atoms with Crippen molar-refractivity contribution >= 4 is 5.91 Å². The van der Waals surface area contributed by atoms with Gasteiger partial charge in [-0.3, -0.25) is 9.89 Å². The van der Waals surface area contributed by atoms with Crippen molar-refractivity contribution in [2.24, 2.45) is 5.92 Å². The smallest absolute Gasteiger partial charge is 0.290 e. The molecule has 0 aliphatic carbocycles. The van der Waals surface area contributed by atoms with Gasteiger partial charge >= 0.3 is 0 Å². The molecule has 0 radical (unpaired) electrons. The first-order valence-electron chi connectivity index (χ1n) is 5.46. The molecule has 1 N–H and O–H groups in total. The molecule has 88 valence electrons. The van der Waals surface area contributed by atoms with Crippen LogP contribution < -0.4 is 0 Å². The van der Waals surface area contributed by atoms with Crippen LogP contribution >= 0.6 is 0 Å². The lowest BCUT2D eigenvalue weighted by molar-refractivity contribution is 0.0493.